The molecular weight excluding hydrogens is 268 g/mol. The van der Waals surface area contributed by atoms with Crippen LogP contribution >= 0.6 is 0 Å². The van der Waals surface area contributed by atoms with Crippen molar-refractivity contribution in [2.45, 2.75) is 0 Å². The van der Waals surface area contributed by atoms with Crippen LogP contribution < -0.4 is 4.90 Å². The molecule has 5 nitrogen and oxygen atoms in total. The number of hydrogen-bond donors (Lipinski definition) is 2. The van der Waals surface area contributed by atoms with E-state index in [1.54, 1.807) is 12.3 Å². The molecule has 108 valence electrons. The molecule has 0 spiro atoms. The Morgan fingerprint density at radius 1 is 1.14 bits per heavy atom. The lowest BCUT2D eigenvalue weighted by Gasteiger charge is -2.11. The van der Waals surface area contributed by atoms with Gasteiger partial charge in [0, 0.05) is 32.1 Å². The molecule has 0 bridgehead atoms. The SMILES string of the molecule is CN(C)c1ccc(/C=N/c2ccc(C(=O)O)c(O)c2)cc1. The second-order valence-corrected chi connectivity index (χ2v) is 4.75. The van der Waals surface area contributed by atoms with E-state index >= 15 is 0 Å². The summed E-state index contributed by atoms with van der Waals surface area (Å²) < 4.78 is 0. The second-order valence-electron chi connectivity index (χ2n) is 4.75. The lowest BCUT2D eigenvalue weighted by molar-refractivity contribution is 0.0694. The Bertz CT molecular complexity index is 676. The van der Waals surface area contributed by atoms with Gasteiger partial charge in [-0.25, -0.2) is 4.79 Å². The van der Waals surface area contributed by atoms with Crippen molar-refractivity contribution in [2.24, 2.45) is 4.99 Å². The van der Waals surface area contributed by atoms with Crippen LogP contribution in [0.4, 0.5) is 11.4 Å². The normalized spacial score (nSPS) is 10.8. The van der Waals surface area contributed by atoms with Crippen LogP contribution in [0.1, 0.15) is 15.9 Å². The average Bonchev–Trinajstić information content (AvgIpc) is 2.45. The molecule has 0 fully saturated rings. The Morgan fingerprint density at radius 3 is 2.33 bits per heavy atom. The van der Waals surface area contributed by atoms with Crippen LogP contribution in [0.2, 0.25) is 0 Å². The third kappa shape index (κ3) is 3.60. The summed E-state index contributed by atoms with van der Waals surface area (Å²) in [6.07, 6.45) is 1.66. The predicted molar refractivity (Wildman–Crippen MR) is 83.1 cm³/mol. The van der Waals surface area contributed by atoms with Crippen molar-refractivity contribution < 1.29 is 15.0 Å². The molecule has 21 heavy (non-hydrogen) atoms. The van der Waals surface area contributed by atoms with Gasteiger partial charge in [-0.3, -0.25) is 4.99 Å². The molecule has 0 heterocycles. The van der Waals surface area contributed by atoms with Crippen molar-refractivity contribution in [3.63, 3.8) is 0 Å². The van der Waals surface area contributed by atoms with E-state index in [9.17, 15) is 9.90 Å². The van der Waals surface area contributed by atoms with E-state index in [1.165, 1.54) is 12.1 Å². The van der Waals surface area contributed by atoms with Crippen molar-refractivity contribution in [3.05, 3.63) is 53.6 Å². The fourth-order valence-electron chi connectivity index (χ4n) is 1.79. The summed E-state index contributed by atoms with van der Waals surface area (Å²) in [7, 11) is 3.94. The molecule has 2 aromatic carbocycles. The van der Waals surface area contributed by atoms with Gasteiger partial charge < -0.3 is 15.1 Å². The van der Waals surface area contributed by atoms with Crippen LogP contribution in [0.5, 0.6) is 5.75 Å². The number of aromatic carboxylic acids is 1. The highest BCUT2D eigenvalue weighted by molar-refractivity contribution is 5.91. The quantitative estimate of drug-likeness (QED) is 0.847. The molecule has 2 rings (SSSR count). The number of benzene rings is 2. The van der Waals surface area contributed by atoms with Gasteiger partial charge in [0.25, 0.3) is 0 Å². The molecule has 2 aromatic rings. The lowest BCUT2D eigenvalue weighted by Crippen LogP contribution is -2.08. The Morgan fingerprint density at radius 2 is 1.81 bits per heavy atom. The number of rotatable bonds is 4. The molecule has 0 saturated carbocycles. The van der Waals surface area contributed by atoms with Gasteiger partial charge in [-0.2, -0.15) is 0 Å². The largest absolute Gasteiger partial charge is 0.507 e. The summed E-state index contributed by atoms with van der Waals surface area (Å²) in [6, 6.07) is 12.0. The molecule has 0 atom stereocenters. The molecule has 0 unspecified atom stereocenters. The summed E-state index contributed by atoms with van der Waals surface area (Å²) in [5, 5.41) is 18.4. The predicted octanol–water partition coefficient (Wildman–Crippen LogP) is 2.91. The Kier molecular flexibility index (Phi) is 4.23. The Hall–Kier alpha value is -2.82. The minimum absolute atomic E-state index is 0.135. The van der Waals surface area contributed by atoms with Crippen molar-refractivity contribution in [3.8, 4) is 5.75 Å². The number of carbonyl (C=O) groups is 1. The van der Waals surface area contributed by atoms with Gasteiger partial charge in [-0.05, 0) is 29.8 Å². The first-order valence-electron chi connectivity index (χ1n) is 6.35. The Balaban J connectivity index is 2.17. The first kappa shape index (κ1) is 14.6. The lowest BCUT2D eigenvalue weighted by atomic mass is 10.2. The van der Waals surface area contributed by atoms with E-state index in [4.69, 9.17) is 5.11 Å². The number of carboxylic acid groups (broad SMARTS) is 1. The fourth-order valence-corrected chi connectivity index (χ4v) is 1.79. The zero-order valence-electron chi connectivity index (χ0n) is 11.8. The highest BCUT2D eigenvalue weighted by Gasteiger charge is 2.08. The molecule has 0 aliphatic carbocycles. The molecule has 0 amide bonds. The third-order valence-electron chi connectivity index (χ3n) is 2.98. The zero-order chi connectivity index (χ0) is 15.4. The Labute approximate surface area is 122 Å². The number of aromatic hydroxyl groups is 1. The molecule has 0 radical (unpaired) electrons. The maximum Gasteiger partial charge on any atom is 0.339 e. The molecule has 0 saturated heterocycles. The van der Waals surface area contributed by atoms with E-state index in [2.05, 4.69) is 4.99 Å². The first-order valence-corrected chi connectivity index (χ1v) is 6.35. The van der Waals surface area contributed by atoms with Gasteiger partial charge >= 0.3 is 5.97 Å². The zero-order valence-corrected chi connectivity index (χ0v) is 11.8. The number of aliphatic imine (C=N–C) groups is 1. The third-order valence-corrected chi connectivity index (χ3v) is 2.98. The summed E-state index contributed by atoms with van der Waals surface area (Å²) in [5.41, 5.74) is 2.37. The highest BCUT2D eigenvalue weighted by Crippen LogP contribution is 2.24. The average molecular weight is 284 g/mol. The summed E-state index contributed by atoms with van der Waals surface area (Å²) in [5.74, 6) is -1.46. The molecule has 2 N–H and O–H groups in total. The molecule has 0 aromatic heterocycles. The molecule has 5 heteroatoms. The van der Waals surface area contributed by atoms with Gasteiger partial charge in [0.1, 0.15) is 11.3 Å². The monoisotopic (exact) mass is 284 g/mol. The van der Waals surface area contributed by atoms with Crippen LogP contribution in [0.25, 0.3) is 0 Å². The summed E-state index contributed by atoms with van der Waals surface area (Å²) >= 11 is 0. The number of nitrogens with zero attached hydrogens (tertiary/aromatic N) is 2. The first-order chi connectivity index (χ1) is 9.97. The van der Waals surface area contributed by atoms with E-state index in [0.29, 0.717) is 5.69 Å². The van der Waals surface area contributed by atoms with Gasteiger partial charge in [0.15, 0.2) is 0 Å². The number of anilines is 1. The summed E-state index contributed by atoms with van der Waals surface area (Å²) in [6.45, 7) is 0. The molecule has 0 aliphatic heterocycles. The van der Waals surface area contributed by atoms with E-state index in [0.717, 1.165) is 11.3 Å². The topological polar surface area (TPSA) is 73.1 Å². The van der Waals surface area contributed by atoms with Gasteiger partial charge in [0.2, 0.25) is 0 Å². The van der Waals surface area contributed by atoms with E-state index < -0.39 is 5.97 Å². The van der Waals surface area contributed by atoms with Crippen molar-refractivity contribution in [2.75, 3.05) is 19.0 Å². The number of phenols is 1. The van der Waals surface area contributed by atoms with Crippen molar-refractivity contribution >= 4 is 23.6 Å². The van der Waals surface area contributed by atoms with Crippen molar-refractivity contribution in [1.29, 1.82) is 0 Å². The van der Waals surface area contributed by atoms with E-state index in [-0.39, 0.29) is 11.3 Å². The van der Waals surface area contributed by atoms with Crippen LogP contribution in [-0.2, 0) is 0 Å². The van der Waals surface area contributed by atoms with Gasteiger partial charge in [0.05, 0.1) is 5.69 Å². The maximum atomic E-state index is 10.8. The number of hydrogen-bond acceptors (Lipinski definition) is 4. The summed E-state index contributed by atoms with van der Waals surface area (Å²) in [4.78, 5) is 17.0. The fraction of sp³-hybridized carbons (Fsp3) is 0.125. The highest BCUT2D eigenvalue weighted by atomic mass is 16.4. The van der Waals surface area contributed by atoms with Crippen molar-refractivity contribution in [1.82, 2.24) is 0 Å². The minimum Gasteiger partial charge on any atom is -0.507 e. The van der Waals surface area contributed by atoms with Crippen LogP contribution in [0.3, 0.4) is 0 Å². The van der Waals surface area contributed by atoms with Crippen LogP contribution in [0.15, 0.2) is 47.5 Å². The number of carboxylic acids is 1. The standard InChI is InChI=1S/C16H16N2O3/c1-18(2)13-6-3-11(4-7-13)10-17-12-5-8-14(16(20)21)15(19)9-12/h3-10,19H,1-2H3,(H,20,21)/b17-10+. The van der Waals surface area contributed by atoms with Gasteiger partial charge in [-0.1, -0.05) is 12.1 Å². The van der Waals surface area contributed by atoms with Gasteiger partial charge in [-0.15, -0.1) is 0 Å². The second kappa shape index (κ2) is 6.09. The smallest absolute Gasteiger partial charge is 0.339 e. The van der Waals surface area contributed by atoms with E-state index in [1.807, 2.05) is 43.3 Å². The maximum absolute atomic E-state index is 10.8. The molecule has 0 aliphatic rings. The van der Waals surface area contributed by atoms with Crippen LogP contribution in [0, 0.1) is 0 Å². The van der Waals surface area contributed by atoms with Crippen LogP contribution in [-0.4, -0.2) is 36.5 Å². The minimum atomic E-state index is -1.16. The molecular formula is C16H16N2O3.